The number of fused-ring (bicyclic) bond motifs is 2. The van der Waals surface area contributed by atoms with Gasteiger partial charge < -0.3 is 14.9 Å². The average molecular weight is 465 g/mol. The molecule has 3 aliphatic carbocycles. The fourth-order valence-electron chi connectivity index (χ4n) is 5.96. The second-order valence-electron chi connectivity index (χ2n) is 10.3. The molecule has 0 aromatic carbocycles. The molecule has 0 aliphatic heterocycles. The summed E-state index contributed by atoms with van der Waals surface area (Å²) >= 11 is 0. The van der Waals surface area contributed by atoms with Gasteiger partial charge in [0.25, 0.3) is 0 Å². The first-order valence-electron chi connectivity index (χ1n) is 12.4. The Morgan fingerprint density at radius 3 is 2.83 bits per heavy atom. The van der Waals surface area contributed by atoms with E-state index in [2.05, 4.69) is 42.5 Å². The number of nitrogens with zero attached hydrogens (tertiary/aromatic N) is 6. The summed E-state index contributed by atoms with van der Waals surface area (Å²) in [6.45, 7) is 2.57. The first-order chi connectivity index (χ1) is 17.2. The van der Waals surface area contributed by atoms with Crippen molar-refractivity contribution in [3.63, 3.8) is 0 Å². The van der Waals surface area contributed by atoms with Crippen LogP contribution in [0.15, 0.2) is 67.6 Å². The predicted molar refractivity (Wildman–Crippen MR) is 134 cm³/mol. The zero-order valence-corrected chi connectivity index (χ0v) is 19.6. The molecule has 8 rings (SSSR count). The molecule has 5 aromatic heterocycles. The van der Waals surface area contributed by atoms with E-state index in [4.69, 9.17) is 0 Å². The molecule has 3 aliphatic rings. The second-order valence-corrected chi connectivity index (χ2v) is 10.3. The maximum absolute atomic E-state index is 4.67. The largest absolute Gasteiger partial charge is 0.357 e. The van der Waals surface area contributed by atoms with Crippen LogP contribution in [0.3, 0.4) is 0 Å². The summed E-state index contributed by atoms with van der Waals surface area (Å²) in [4.78, 5) is 17.1. The lowest BCUT2D eigenvalue weighted by atomic mass is 9.70. The van der Waals surface area contributed by atoms with Crippen LogP contribution in [0.2, 0.25) is 0 Å². The van der Waals surface area contributed by atoms with Gasteiger partial charge in [-0.2, -0.15) is 5.10 Å². The Bertz CT molecular complexity index is 1470. The van der Waals surface area contributed by atoms with Crippen LogP contribution in [-0.4, -0.2) is 40.8 Å². The number of aromatic amines is 1. The Hall–Kier alpha value is -3.78. The lowest BCUT2D eigenvalue weighted by Gasteiger charge is -2.38. The van der Waals surface area contributed by atoms with Crippen molar-refractivity contribution in [1.29, 1.82) is 0 Å². The molecule has 0 unspecified atom stereocenters. The highest BCUT2D eigenvalue weighted by Crippen LogP contribution is 2.58. The van der Waals surface area contributed by atoms with Crippen molar-refractivity contribution in [2.75, 3.05) is 6.54 Å². The SMILES string of the molecule is c1ccn(-c2cncc(-c3ncn(Cc4cc5[nH]c(CNCC67CCC(C6)C7)cc5cn4)n3)c2)c1. The van der Waals surface area contributed by atoms with E-state index in [1.54, 1.807) is 12.5 Å². The minimum Gasteiger partial charge on any atom is -0.357 e. The fourth-order valence-corrected chi connectivity index (χ4v) is 5.96. The fraction of sp³-hybridized carbons (Fsp3) is 0.333. The van der Waals surface area contributed by atoms with Crippen LogP contribution in [0.4, 0.5) is 0 Å². The number of aromatic nitrogens is 7. The highest BCUT2D eigenvalue weighted by molar-refractivity contribution is 5.79. The number of pyridine rings is 2. The van der Waals surface area contributed by atoms with Crippen molar-refractivity contribution in [2.45, 2.75) is 38.8 Å². The first kappa shape index (κ1) is 20.6. The van der Waals surface area contributed by atoms with E-state index in [0.29, 0.717) is 17.8 Å². The Labute approximate surface area is 203 Å². The molecule has 2 N–H and O–H groups in total. The normalized spacial score (nSPS) is 21.0. The molecule has 0 atom stereocenters. The smallest absolute Gasteiger partial charge is 0.182 e. The van der Waals surface area contributed by atoms with E-state index < -0.39 is 0 Å². The number of H-pyrrole nitrogens is 1. The molecule has 2 bridgehead atoms. The van der Waals surface area contributed by atoms with Crippen molar-refractivity contribution in [1.82, 2.24) is 39.6 Å². The molecule has 0 spiro atoms. The minimum atomic E-state index is 0.559. The molecule has 176 valence electrons. The van der Waals surface area contributed by atoms with Crippen LogP contribution in [-0.2, 0) is 13.1 Å². The van der Waals surface area contributed by atoms with Gasteiger partial charge in [-0.3, -0.25) is 9.97 Å². The molecule has 0 saturated heterocycles. The Balaban J connectivity index is 1.03. The third-order valence-electron chi connectivity index (χ3n) is 7.70. The first-order valence-corrected chi connectivity index (χ1v) is 12.4. The van der Waals surface area contributed by atoms with Crippen molar-refractivity contribution >= 4 is 10.9 Å². The van der Waals surface area contributed by atoms with Crippen LogP contribution in [0.1, 0.15) is 37.1 Å². The molecule has 3 saturated carbocycles. The number of rotatable bonds is 8. The zero-order valence-electron chi connectivity index (χ0n) is 19.6. The summed E-state index contributed by atoms with van der Waals surface area (Å²) in [5.74, 6) is 1.67. The van der Waals surface area contributed by atoms with E-state index in [1.807, 2.05) is 52.2 Å². The highest BCUT2D eigenvalue weighted by Gasteiger charge is 2.49. The molecule has 35 heavy (non-hydrogen) atoms. The molecule has 0 amide bonds. The Morgan fingerprint density at radius 2 is 1.97 bits per heavy atom. The molecule has 5 heterocycles. The van der Waals surface area contributed by atoms with Crippen molar-refractivity contribution < 1.29 is 0 Å². The van der Waals surface area contributed by atoms with Crippen LogP contribution in [0.5, 0.6) is 0 Å². The zero-order chi connectivity index (χ0) is 23.2. The Morgan fingerprint density at radius 1 is 1.06 bits per heavy atom. The van der Waals surface area contributed by atoms with E-state index in [-0.39, 0.29) is 0 Å². The molecule has 8 heteroatoms. The lowest BCUT2D eigenvalue weighted by Crippen LogP contribution is -2.38. The van der Waals surface area contributed by atoms with Crippen LogP contribution in [0.25, 0.3) is 28.0 Å². The van der Waals surface area contributed by atoms with Gasteiger partial charge in [0.05, 0.1) is 24.1 Å². The molecule has 0 radical (unpaired) electrons. The third kappa shape index (κ3) is 3.93. The highest BCUT2D eigenvalue weighted by atomic mass is 15.3. The summed E-state index contributed by atoms with van der Waals surface area (Å²) < 4.78 is 3.84. The van der Waals surface area contributed by atoms with Crippen LogP contribution < -0.4 is 5.32 Å². The van der Waals surface area contributed by atoms with Gasteiger partial charge >= 0.3 is 0 Å². The molecule has 3 fully saturated rings. The second kappa shape index (κ2) is 8.16. The maximum Gasteiger partial charge on any atom is 0.182 e. The van der Waals surface area contributed by atoms with Crippen molar-refractivity contribution in [2.24, 2.45) is 11.3 Å². The van der Waals surface area contributed by atoms with Gasteiger partial charge in [-0.05, 0) is 67.3 Å². The monoisotopic (exact) mass is 464 g/mol. The van der Waals surface area contributed by atoms with Gasteiger partial charge in [-0.25, -0.2) is 9.67 Å². The molecule has 5 aromatic rings. The van der Waals surface area contributed by atoms with Gasteiger partial charge in [0.1, 0.15) is 6.33 Å². The summed E-state index contributed by atoms with van der Waals surface area (Å²) in [6.07, 6.45) is 17.0. The lowest BCUT2D eigenvalue weighted by molar-refractivity contribution is 0.140. The van der Waals surface area contributed by atoms with Gasteiger partial charge in [0.2, 0.25) is 0 Å². The van der Waals surface area contributed by atoms with Crippen LogP contribution in [0, 0.1) is 11.3 Å². The van der Waals surface area contributed by atoms with E-state index in [1.165, 1.54) is 31.4 Å². The summed E-state index contributed by atoms with van der Waals surface area (Å²) in [5.41, 5.74) is 5.73. The summed E-state index contributed by atoms with van der Waals surface area (Å²) in [5, 5.41) is 9.50. The van der Waals surface area contributed by atoms with E-state index >= 15 is 0 Å². The third-order valence-corrected chi connectivity index (χ3v) is 7.70. The number of hydrogen-bond acceptors (Lipinski definition) is 5. The molecular weight excluding hydrogens is 436 g/mol. The summed E-state index contributed by atoms with van der Waals surface area (Å²) in [6, 6.07) is 10.3. The van der Waals surface area contributed by atoms with Crippen LogP contribution >= 0.6 is 0 Å². The van der Waals surface area contributed by atoms with Gasteiger partial charge in [0.15, 0.2) is 5.82 Å². The maximum atomic E-state index is 4.67. The minimum absolute atomic E-state index is 0.559. The van der Waals surface area contributed by atoms with Crippen molar-refractivity contribution in [3.8, 4) is 17.1 Å². The van der Waals surface area contributed by atoms with Gasteiger partial charge in [-0.1, -0.05) is 0 Å². The number of hydrogen-bond donors (Lipinski definition) is 2. The Kier molecular flexibility index (Phi) is 4.80. The van der Waals surface area contributed by atoms with E-state index in [9.17, 15) is 0 Å². The van der Waals surface area contributed by atoms with Gasteiger partial charge in [0, 0.05) is 60.0 Å². The van der Waals surface area contributed by atoms with Crippen molar-refractivity contribution in [3.05, 3.63) is 79.0 Å². The van der Waals surface area contributed by atoms with E-state index in [0.717, 1.165) is 46.9 Å². The number of nitrogens with one attached hydrogen (secondary N) is 2. The molecular formula is C27H28N8. The summed E-state index contributed by atoms with van der Waals surface area (Å²) in [7, 11) is 0. The average Bonchev–Trinajstić information content (AvgIpc) is 3.67. The van der Waals surface area contributed by atoms with Gasteiger partial charge in [-0.15, -0.1) is 0 Å². The standard InChI is InChI=1S/C27H28N8/c1-2-6-34(5-1)24-8-21(12-28-15-24)26-31-18-35(33-26)16-23-9-25-20(13-30-23)7-22(32-25)14-29-17-27-4-3-19(10-27)11-27/h1-2,5-9,12-13,15,18-19,29,32H,3-4,10-11,14,16-17H2. The molecule has 8 nitrogen and oxygen atoms in total. The predicted octanol–water partition coefficient (Wildman–Crippen LogP) is 4.34. The topological polar surface area (TPSA) is 89.2 Å². The quantitative estimate of drug-likeness (QED) is 0.357.